The molecule has 0 spiro atoms. The highest BCUT2D eigenvalue weighted by atomic mass is 14.9. The zero-order valence-electron chi connectivity index (χ0n) is 8.37. The Labute approximate surface area is 84.7 Å². The first-order valence-corrected chi connectivity index (χ1v) is 5.27. The zero-order chi connectivity index (χ0) is 9.80. The van der Waals surface area contributed by atoms with Gasteiger partial charge in [-0.1, -0.05) is 12.8 Å². The van der Waals surface area contributed by atoms with Crippen molar-refractivity contribution in [3.05, 3.63) is 24.0 Å². The number of nitrogen functional groups attached to an aromatic ring is 1. The Morgan fingerprint density at radius 2 is 2.14 bits per heavy atom. The van der Waals surface area contributed by atoms with E-state index < -0.39 is 0 Å². The second kappa shape index (κ2) is 4.42. The molecule has 1 fully saturated rings. The molecule has 0 saturated heterocycles. The maximum atomic E-state index is 5.65. The van der Waals surface area contributed by atoms with Crippen LogP contribution in [0.5, 0.6) is 0 Å². The summed E-state index contributed by atoms with van der Waals surface area (Å²) < 4.78 is 0. The minimum absolute atomic E-state index is 0.705. The Hall–Kier alpha value is -1.09. The number of hydrogen-bond donors (Lipinski definition) is 2. The first kappa shape index (κ1) is 9.46. The maximum Gasteiger partial charge on any atom is 0.0503 e. The summed E-state index contributed by atoms with van der Waals surface area (Å²) in [6.07, 6.45) is 8.92. The molecule has 0 aliphatic heterocycles. The molecule has 0 atom stereocenters. The molecule has 1 aromatic rings. The number of anilines is 1. The molecule has 76 valence electrons. The van der Waals surface area contributed by atoms with Crippen LogP contribution in [0.1, 0.15) is 31.2 Å². The standard InChI is InChI=1S/C11H17N3/c12-10-5-9(6-13-8-10)7-14-11-3-1-2-4-11/h5-6,8,11,14H,1-4,7,12H2. The summed E-state index contributed by atoms with van der Waals surface area (Å²) >= 11 is 0. The fourth-order valence-corrected chi connectivity index (χ4v) is 2.00. The van der Waals surface area contributed by atoms with E-state index in [4.69, 9.17) is 5.73 Å². The van der Waals surface area contributed by atoms with Crippen molar-refractivity contribution < 1.29 is 0 Å². The lowest BCUT2D eigenvalue weighted by Gasteiger charge is -2.11. The van der Waals surface area contributed by atoms with Crippen LogP contribution in [0, 0.1) is 0 Å². The summed E-state index contributed by atoms with van der Waals surface area (Å²) in [5, 5.41) is 3.53. The van der Waals surface area contributed by atoms with Gasteiger partial charge in [-0.3, -0.25) is 4.98 Å². The topological polar surface area (TPSA) is 50.9 Å². The molecule has 1 saturated carbocycles. The van der Waals surface area contributed by atoms with Crippen molar-refractivity contribution in [1.29, 1.82) is 0 Å². The molecule has 2 rings (SSSR count). The van der Waals surface area contributed by atoms with E-state index in [-0.39, 0.29) is 0 Å². The number of aromatic nitrogens is 1. The molecule has 3 heteroatoms. The first-order valence-electron chi connectivity index (χ1n) is 5.27. The van der Waals surface area contributed by atoms with Crippen LogP contribution >= 0.6 is 0 Å². The van der Waals surface area contributed by atoms with Crippen molar-refractivity contribution in [1.82, 2.24) is 10.3 Å². The Morgan fingerprint density at radius 3 is 2.86 bits per heavy atom. The van der Waals surface area contributed by atoms with Crippen LogP contribution in [0.4, 0.5) is 5.69 Å². The Kier molecular flexibility index (Phi) is 2.99. The molecule has 0 bridgehead atoms. The fraction of sp³-hybridized carbons (Fsp3) is 0.545. The van der Waals surface area contributed by atoms with Crippen LogP contribution < -0.4 is 11.1 Å². The summed E-state index contributed by atoms with van der Waals surface area (Å²) in [4.78, 5) is 4.06. The number of hydrogen-bond acceptors (Lipinski definition) is 3. The molecule has 1 aromatic heterocycles. The van der Waals surface area contributed by atoms with Gasteiger partial charge in [0.1, 0.15) is 0 Å². The van der Waals surface area contributed by atoms with Gasteiger partial charge in [0, 0.05) is 25.0 Å². The molecule has 0 amide bonds. The first-order chi connectivity index (χ1) is 6.84. The van der Waals surface area contributed by atoms with Crippen molar-refractivity contribution in [3.63, 3.8) is 0 Å². The van der Waals surface area contributed by atoms with E-state index in [1.807, 2.05) is 12.3 Å². The minimum Gasteiger partial charge on any atom is -0.397 e. The lowest BCUT2D eigenvalue weighted by molar-refractivity contribution is 0.524. The summed E-state index contributed by atoms with van der Waals surface area (Å²) in [6, 6.07) is 2.69. The van der Waals surface area contributed by atoms with E-state index >= 15 is 0 Å². The third-order valence-electron chi connectivity index (χ3n) is 2.77. The van der Waals surface area contributed by atoms with E-state index in [0.29, 0.717) is 6.04 Å². The Bertz CT molecular complexity index is 292. The normalized spacial score (nSPS) is 17.4. The highest BCUT2D eigenvalue weighted by Crippen LogP contribution is 2.18. The third kappa shape index (κ3) is 2.45. The molecule has 0 unspecified atom stereocenters. The number of nitrogens with zero attached hydrogens (tertiary/aromatic N) is 1. The summed E-state index contributed by atoms with van der Waals surface area (Å²) in [6.45, 7) is 0.892. The zero-order valence-corrected chi connectivity index (χ0v) is 8.37. The lowest BCUT2D eigenvalue weighted by atomic mass is 10.2. The predicted octanol–water partition coefficient (Wildman–Crippen LogP) is 1.70. The highest BCUT2D eigenvalue weighted by Gasteiger charge is 2.13. The van der Waals surface area contributed by atoms with Crippen LogP contribution in [-0.4, -0.2) is 11.0 Å². The van der Waals surface area contributed by atoms with Gasteiger partial charge in [-0.25, -0.2) is 0 Å². The van der Waals surface area contributed by atoms with Gasteiger partial charge in [-0.2, -0.15) is 0 Å². The molecule has 1 aliphatic carbocycles. The Morgan fingerprint density at radius 1 is 1.36 bits per heavy atom. The largest absolute Gasteiger partial charge is 0.397 e. The SMILES string of the molecule is Nc1cncc(CNC2CCCC2)c1. The summed E-state index contributed by atoms with van der Waals surface area (Å²) in [5.41, 5.74) is 7.58. The molecule has 1 aliphatic rings. The van der Waals surface area contributed by atoms with Crippen molar-refractivity contribution in [2.24, 2.45) is 0 Å². The van der Waals surface area contributed by atoms with Gasteiger partial charge in [-0.15, -0.1) is 0 Å². The molecule has 3 nitrogen and oxygen atoms in total. The monoisotopic (exact) mass is 191 g/mol. The molecule has 1 heterocycles. The molecular formula is C11H17N3. The van der Waals surface area contributed by atoms with E-state index in [1.54, 1.807) is 6.20 Å². The van der Waals surface area contributed by atoms with Gasteiger partial charge in [0.05, 0.1) is 5.69 Å². The molecule has 0 aromatic carbocycles. The predicted molar refractivity (Wildman–Crippen MR) is 57.7 cm³/mol. The van der Waals surface area contributed by atoms with Crippen LogP contribution in [-0.2, 0) is 6.54 Å². The molecular weight excluding hydrogens is 174 g/mol. The average Bonchev–Trinajstić information content (AvgIpc) is 2.67. The van der Waals surface area contributed by atoms with E-state index in [1.165, 1.54) is 31.2 Å². The van der Waals surface area contributed by atoms with Crippen molar-refractivity contribution in [2.45, 2.75) is 38.3 Å². The lowest BCUT2D eigenvalue weighted by Crippen LogP contribution is -2.25. The number of rotatable bonds is 3. The van der Waals surface area contributed by atoms with Gasteiger partial charge in [0.2, 0.25) is 0 Å². The molecule has 3 N–H and O–H groups in total. The second-order valence-electron chi connectivity index (χ2n) is 3.99. The van der Waals surface area contributed by atoms with Crippen molar-refractivity contribution in [2.75, 3.05) is 5.73 Å². The smallest absolute Gasteiger partial charge is 0.0503 e. The van der Waals surface area contributed by atoms with E-state index in [9.17, 15) is 0 Å². The van der Waals surface area contributed by atoms with Gasteiger partial charge in [-0.05, 0) is 24.5 Å². The Balaban J connectivity index is 1.85. The van der Waals surface area contributed by atoms with Gasteiger partial charge in [0.15, 0.2) is 0 Å². The van der Waals surface area contributed by atoms with Gasteiger partial charge < -0.3 is 11.1 Å². The summed E-state index contributed by atoms with van der Waals surface area (Å²) in [7, 11) is 0. The van der Waals surface area contributed by atoms with E-state index in [0.717, 1.165) is 12.2 Å². The third-order valence-corrected chi connectivity index (χ3v) is 2.77. The highest BCUT2D eigenvalue weighted by molar-refractivity contribution is 5.36. The molecule has 0 radical (unpaired) electrons. The minimum atomic E-state index is 0.705. The quantitative estimate of drug-likeness (QED) is 0.764. The molecule has 14 heavy (non-hydrogen) atoms. The van der Waals surface area contributed by atoms with Crippen LogP contribution in [0.15, 0.2) is 18.5 Å². The van der Waals surface area contributed by atoms with Crippen molar-refractivity contribution in [3.8, 4) is 0 Å². The average molecular weight is 191 g/mol. The van der Waals surface area contributed by atoms with Gasteiger partial charge in [0.25, 0.3) is 0 Å². The summed E-state index contributed by atoms with van der Waals surface area (Å²) in [5.74, 6) is 0. The number of pyridine rings is 1. The fourth-order valence-electron chi connectivity index (χ4n) is 2.00. The van der Waals surface area contributed by atoms with Crippen LogP contribution in [0.3, 0.4) is 0 Å². The van der Waals surface area contributed by atoms with Crippen LogP contribution in [0.25, 0.3) is 0 Å². The second-order valence-corrected chi connectivity index (χ2v) is 3.99. The number of nitrogens with one attached hydrogen (secondary N) is 1. The van der Waals surface area contributed by atoms with Gasteiger partial charge >= 0.3 is 0 Å². The van der Waals surface area contributed by atoms with E-state index in [2.05, 4.69) is 10.3 Å². The number of nitrogens with two attached hydrogens (primary N) is 1. The van der Waals surface area contributed by atoms with Crippen LogP contribution in [0.2, 0.25) is 0 Å². The maximum absolute atomic E-state index is 5.65. The van der Waals surface area contributed by atoms with Crippen molar-refractivity contribution >= 4 is 5.69 Å².